The number of fused-ring (bicyclic) bond motifs is 3. The normalized spacial score (nSPS) is 11.8. The molecular formula is C18H21N7. The summed E-state index contributed by atoms with van der Waals surface area (Å²) in [5, 5.41) is 17.1. The van der Waals surface area contributed by atoms with Crippen LogP contribution < -0.4 is 11.1 Å². The van der Waals surface area contributed by atoms with Gasteiger partial charge in [0.2, 0.25) is 0 Å². The van der Waals surface area contributed by atoms with E-state index in [-0.39, 0.29) is 0 Å². The minimum absolute atomic E-state index is 0.457. The summed E-state index contributed by atoms with van der Waals surface area (Å²) >= 11 is 0. The first-order chi connectivity index (χ1) is 12.1. The molecule has 0 saturated heterocycles. The first kappa shape index (κ1) is 15.6. The molecule has 0 bridgehead atoms. The highest BCUT2D eigenvalue weighted by Gasteiger charge is 2.12. The quantitative estimate of drug-likeness (QED) is 0.521. The average molecular weight is 335 g/mol. The van der Waals surface area contributed by atoms with Crippen molar-refractivity contribution in [2.24, 2.45) is 0 Å². The molecule has 0 aliphatic rings. The summed E-state index contributed by atoms with van der Waals surface area (Å²) in [7, 11) is 0. The van der Waals surface area contributed by atoms with Crippen molar-refractivity contribution >= 4 is 27.6 Å². The highest BCUT2D eigenvalue weighted by molar-refractivity contribution is 6.08. The number of nitrogens with two attached hydrogens (primary N) is 1. The zero-order chi connectivity index (χ0) is 17.4. The lowest BCUT2D eigenvalue weighted by Gasteiger charge is -2.07. The Hall–Kier alpha value is -2.93. The van der Waals surface area contributed by atoms with Gasteiger partial charge in [-0.1, -0.05) is 26.0 Å². The van der Waals surface area contributed by atoms with E-state index >= 15 is 0 Å². The van der Waals surface area contributed by atoms with Gasteiger partial charge < -0.3 is 11.1 Å². The molecule has 1 aromatic carbocycles. The molecule has 0 unspecified atom stereocenters. The highest BCUT2D eigenvalue weighted by atomic mass is 15.3. The maximum absolute atomic E-state index is 6.16. The monoisotopic (exact) mass is 335 g/mol. The number of benzene rings is 1. The Morgan fingerprint density at radius 2 is 2.12 bits per heavy atom. The third-order valence-electron chi connectivity index (χ3n) is 4.24. The molecule has 4 N–H and O–H groups in total. The number of hydrogen-bond acceptors (Lipinski definition) is 5. The van der Waals surface area contributed by atoms with E-state index in [1.54, 1.807) is 6.20 Å². The zero-order valence-electron chi connectivity index (χ0n) is 14.3. The summed E-state index contributed by atoms with van der Waals surface area (Å²) in [5.74, 6) is 0.458. The molecule has 25 heavy (non-hydrogen) atoms. The molecule has 7 heteroatoms. The zero-order valence-corrected chi connectivity index (χ0v) is 14.3. The number of nitrogen functional groups attached to an aromatic ring is 1. The fourth-order valence-electron chi connectivity index (χ4n) is 3.01. The molecule has 128 valence electrons. The van der Waals surface area contributed by atoms with Crippen molar-refractivity contribution in [3.05, 3.63) is 36.7 Å². The van der Waals surface area contributed by atoms with Crippen LogP contribution in [0.25, 0.3) is 33.1 Å². The molecule has 0 aliphatic heterocycles. The number of nitrogens with zero attached hydrogens (tertiary/aromatic N) is 4. The Morgan fingerprint density at radius 3 is 2.88 bits per heavy atom. The number of anilines is 1. The maximum Gasteiger partial charge on any atom is 0.152 e. The van der Waals surface area contributed by atoms with Gasteiger partial charge >= 0.3 is 0 Å². The van der Waals surface area contributed by atoms with E-state index in [0.717, 1.165) is 46.2 Å². The number of H-pyrrole nitrogens is 1. The van der Waals surface area contributed by atoms with Crippen LogP contribution in [0.5, 0.6) is 0 Å². The van der Waals surface area contributed by atoms with Gasteiger partial charge in [0.15, 0.2) is 5.82 Å². The van der Waals surface area contributed by atoms with Crippen LogP contribution in [0.1, 0.15) is 13.8 Å². The lowest BCUT2D eigenvalue weighted by atomic mass is 10.1. The van der Waals surface area contributed by atoms with E-state index in [1.165, 1.54) is 0 Å². The van der Waals surface area contributed by atoms with Crippen molar-refractivity contribution in [2.45, 2.75) is 26.4 Å². The van der Waals surface area contributed by atoms with Crippen molar-refractivity contribution in [1.29, 1.82) is 0 Å². The van der Waals surface area contributed by atoms with Crippen molar-refractivity contribution < 1.29 is 0 Å². The van der Waals surface area contributed by atoms with Gasteiger partial charge in [0.25, 0.3) is 0 Å². The van der Waals surface area contributed by atoms with Gasteiger partial charge in [-0.3, -0.25) is 9.78 Å². The third kappa shape index (κ3) is 2.94. The first-order valence-corrected chi connectivity index (χ1v) is 8.41. The second kappa shape index (κ2) is 6.18. The highest BCUT2D eigenvalue weighted by Crippen LogP contribution is 2.29. The number of aromatic nitrogens is 5. The molecule has 0 saturated carbocycles. The van der Waals surface area contributed by atoms with Crippen LogP contribution in [0, 0.1) is 0 Å². The van der Waals surface area contributed by atoms with Crippen LogP contribution >= 0.6 is 0 Å². The number of pyridine rings is 1. The van der Waals surface area contributed by atoms with Crippen molar-refractivity contribution in [3.63, 3.8) is 0 Å². The van der Waals surface area contributed by atoms with E-state index < -0.39 is 0 Å². The summed E-state index contributed by atoms with van der Waals surface area (Å²) in [6.45, 7) is 5.92. The molecule has 3 heterocycles. The van der Waals surface area contributed by atoms with E-state index in [2.05, 4.69) is 51.6 Å². The minimum Gasteiger partial charge on any atom is -0.382 e. The van der Waals surface area contributed by atoms with Crippen LogP contribution in [0.2, 0.25) is 0 Å². The van der Waals surface area contributed by atoms with Crippen molar-refractivity contribution in [1.82, 2.24) is 30.3 Å². The summed E-state index contributed by atoms with van der Waals surface area (Å²) < 4.78 is 1.93. The Morgan fingerprint density at radius 1 is 1.24 bits per heavy atom. The molecule has 0 aliphatic carbocycles. The van der Waals surface area contributed by atoms with Gasteiger partial charge in [-0.2, -0.15) is 10.2 Å². The van der Waals surface area contributed by atoms with Gasteiger partial charge in [-0.25, -0.2) is 4.98 Å². The molecule has 0 spiro atoms. The van der Waals surface area contributed by atoms with Gasteiger partial charge in [-0.05, 0) is 12.1 Å². The van der Waals surface area contributed by atoms with E-state index in [9.17, 15) is 0 Å². The summed E-state index contributed by atoms with van der Waals surface area (Å²) in [4.78, 5) is 4.55. The Bertz CT molecular complexity index is 1010. The maximum atomic E-state index is 6.16. The lowest BCUT2D eigenvalue weighted by Crippen LogP contribution is -2.26. The standard InChI is InChI=1S/C18H21N7/c1-11(2)20-7-8-25-10-14-13-4-3-12(15-5-6-21-23-15)9-16(13)22-18(19)17(14)24-25/h3-6,9-11,20H,7-8H2,1-2H3,(H2,19,22)(H,21,23). The van der Waals surface area contributed by atoms with Gasteiger partial charge in [0.1, 0.15) is 5.52 Å². The van der Waals surface area contributed by atoms with E-state index in [4.69, 9.17) is 5.73 Å². The molecule has 0 amide bonds. The molecule has 0 radical (unpaired) electrons. The van der Waals surface area contributed by atoms with Gasteiger partial charge in [0.05, 0.1) is 17.8 Å². The molecule has 7 nitrogen and oxygen atoms in total. The SMILES string of the molecule is CC(C)NCCn1cc2c(n1)c(N)nc1cc(-c3ccn[nH]3)ccc12. The van der Waals surface area contributed by atoms with Gasteiger partial charge in [-0.15, -0.1) is 0 Å². The van der Waals surface area contributed by atoms with Crippen LogP contribution in [0.3, 0.4) is 0 Å². The Labute approximate surface area is 145 Å². The summed E-state index contributed by atoms with van der Waals surface area (Å²) in [5.41, 5.74) is 9.76. The second-order valence-corrected chi connectivity index (χ2v) is 6.46. The van der Waals surface area contributed by atoms with Crippen molar-refractivity contribution in [2.75, 3.05) is 12.3 Å². The molecule has 4 rings (SSSR count). The predicted molar refractivity (Wildman–Crippen MR) is 100 cm³/mol. The first-order valence-electron chi connectivity index (χ1n) is 8.41. The lowest BCUT2D eigenvalue weighted by molar-refractivity contribution is 0.518. The predicted octanol–water partition coefficient (Wildman–Crippen LogP) is 2.55. The average Bonchev–Trinajstić information content (AvgIpc) is 3.24. The second-order valence-electron chi connectivity index (χ2n) is 6.46. The van der Waals surface area contributed by atoms with Crippen LogP contribution in [-0.2, 0) is 6.54 Å². The topological polar surface area (TPSA) is 97.4 Å². The number of aromatic amines is 1. The summed E-state index contributed by atoms with van der Waals surface area (Å²) in [6, 6.07) is 8.54. The molecule has 3 aromatic heterocycles. The van der Waals surface area contributed by atoms with E-state index in [0.29, 0.717) is 11.9 Å². The molecule has 0 atom stereocenters. The molecular weight excluding hydrogens is 314 g/mol. The fourth-order valence-corrected chi connectivity index (χ4v) is 3.01. The smallest absolute Gasteiger partial charge is 0.152 e. The van der Waals surface area contributed by atoms with Crippen LogP contribution in [-0.4, -0.2) is 37.5 Å². The largest absolute Gasteiger partial charge is 0.382 e. The van der Waals surface area contributed by atoms with Gasteiger partial charge in [0, 0.05) is 41.3 Å². The number of nitrogens with one attached hydrogen (secondary N) is 2. The molecule has 4 aromatic rings. The minimum atomic E-state index is 0.457. The van der Waals surface area contributed by atoms with Crippen molar-refractivity contribution in [3.8, 4) is 11.3 Å². The third-order valence-corrected chi connectivity index (χ3v) is 4.24. The van der Waals surface area contributed by atoms with E-state index in [1.807, 2.05) is 23.0 Å². The molecule has 0 fully saturated rings. The van der Waals surface area contributed by atoms with Crippen LogP contribution in [0.4, 0.5) is 5.82 Å². The fraction of sp³-hybridized carbons (Fsp3) is 0.278. The van der Waals surface area contributed by atoms with Crippen LogP contribution in [0.15, 0.2) is 36.7 Å². The summed E-state index contributed by atoms with van der Waals surface area (Å²) in [6.07, 6.45) is 3.79. The number of rotatable bonds is 5. The Kier molecular flexibility index (Phi) is 3.85. The Balaban J connectivity index is 1.76. The number of hydrogen-bond donors (Lipinski definition) is 3.